The highest BCUT2D eigenvalue weighted by Gasteiger charge is 2.48. The Kier molecular flexibility index (Phi) is 6.73. The Morgan fingerprint density at radius 2 is 1.83 bits per heavy atom. The first-order chi connectivity index (χ1) is 16.9. The van der Waals surface area contributed by atoms with Gasteiger partial charge in [0.1, 0.15) is 23.0 Å². The fraction of sp³-hybridized carbons (Fsp3) is 0.222. The number of aliphatic hydroxyl groups is 1. The molecule has 1 amide bonds. The number of amides is 1. The van der Waals surface area contributed by atoms with Gasteiger partial charge in [-0.3, -0.25) is 19.5 Å². The minimum atomic E-state index is -1.02. The Hall–Kier alpha value is -4.33. The number of phenols is 1. The smallest absolute Gasteiger partial charge is 0.300 e. The van der Waals surface area contributed by atoms with Crippen LogP contribution in [0.5, 0.6) is 17.2 Å². The number of carbonyl (C=O) groups is 2. The first-order valence-corrected chi connectivity index (χ1v) is 11.3. The minimum absolute atomic E-state index is 0.131. The lowest BCUT2D eigenvalue weighted by molar-refractivity contribution is -0.132. The number of ketones is 1. The average Bonchev–Trinajstić information content (AvgIpc) is 3.12. The molecular weight excluding hydrogens is 448 g/mol. The second kappa shape index (κ2) is 9.89. The monoisotopic (exact) mass is 474 g/mol. The molecule has 8 nitrogen and oxygen atoms in total. The topological polar surface area (TPSA) is 109 Å². The predicted molar refractivity (Wildman–Crippen MR) is 131 cm³/mol. The molecule has 1 aliphatic rings. The molecule has 1 unspecified atom stereocenters. The van der Waals surface area contributed by atoms with Crippen molar-refractivity contribution in [1.29, 1.82) is 0 Å². The molecule has 1 saturated heterocycles. The number of aromatic hydroxyl groups is 1. The van der Waals surface area contributed by atoms with Crippen LogP contribution in [-0.4, -0.2) is 40.1 Å². The van der Waals surface area contributed by atoms with Crippen molar-refractivity contribution in [2.45, 2.75) is 26.8 Å². The van der Waals surface area contributed by atoms with Crippen LogP contribution in [0.2, 0.25) is 0 Å². The van der Waals surface area contributed by atoms with E-state index in [-0.39, 0.29) is 22.6 Å². The molecule has 35 heavy (non-hydrogen) atoms. The van der Waals surface area contributed by atoms with Crippen LogP contribution in [0, 0.1) is 6.92 Å². The third kappa shape index (κ3) is 4.42. The maximum absolute atomic E-state index is 13.3. The molecule has 0 bridgehead atoms. The van der Waals surface area contributed by atoms with Crippen LogP contribution < -0.4 is 14.4 Å². The number of anilines is 1. The van der Waals surface area contributed by atoms with Crippen LogP contribution in [0.3, 0.4) is 0 Å². The summed E-state index contributed by atoms with van der Waals surface area (Å²) in [5.41, 5.74) is 1.56. The van der Waals surface area contributed by atoms with E-state index in [2.05, 4.69) is 4.98 Å². The molecule has 0 radical (unpaired) electrons. The summed E-state index contributed by atoms with van der Waals surface area (Å²) in [4.78, 5) is 32.0. The van der Waals surface area contributed by atoms with E-state index in [9.17, 15) is 19.8 Å². The summed E-state index contributed by atoms with van der Waals surface area (Å²) in [7, 11) is 0. The molecule has 3 aromatic rings. The third-order valence-corrected chi connectivity index (χ3v) is 5.65. The number of ether oxygens (including phenoxy) is 2. The molecule has 1 atom stereocenters. The zero-order valence-electron chi connectivity index (χ0n) is 19.7. The normalized spacial score (nSPS) is 17.0. The predicted octanol–water partition coefficient (Wildman–Crippen LogP) is 4.52. The highest BCUT2D eigenvalue weighted by atomic mass is 16.5. The number of aryl methyl sites for hydroxylation is 1. The second-order valence-electron chi connectivity index (χ2n) is 7.97. The average molecular weight is 475 g/mol. The molecule has 1 aromatic heterocycles. The van der Waals surface area contributed by atoms with Crippen molar-refractivity contribution in [2.24, 2.45) is 0 Å². The van der Waals surface area contributed by atoms with Crippen LogP contribution in [0.15, 0.2) is 66.5 Å². The highest BCUT2D eigenvalue weighted by molar-refractivity contribution is 6.52. The Bertz CT molecular complexity index is 1300. The third-order valence-electron chi connectivity index (χ3n) is 5.65. The number of rotatable bonds is 7. The van der Waals surface area contributed by atoms with Gasteiger partial charge in [-0.1, -0.05) is 12.1 Å². The molecule has 180 valence electrons. The van der Waals surface area contributed by atoms with Crippen molar-refractivity contribution in [1.82, 2.24) is 4.98 Å². The quantitative estimate of drug-likeness (QED) is 0.294. The van der Waals surface area contributed by atoms with Gasteiger partial charge in [0.05, 0.1) is 36.1 Å². The van der Waals surface area contributed by atoms with Crippen molar-refractivity contribution in [3.63, 3.8) is 0 Å². The number of aliphatic hydroxyl groups excluding tert-OH is 1. The molecule has 2 aromatic carbocycles. The first kappa shape index (κ1) is 23.8. The van der Waals surface area contributed by atoms with Crippen LogP contribution in [0.25, 0.3) is 5.76 Å². The lowest BCUT2D eigenvalue weighted by atomic mass is 9.95. The number of phenolic OH excluding ortho intramolecular Hbond substituents is 1. The lowest BCUT2D eigenvalue weighted by Gasteiger charge is -2.26. The van der Waals surface area contributed by atoms with Crippen molar-refractivity contribution in [2.75, 3.05) is 18.1 Å². The van der Waals surface area contributed by atoms with Gasteiger partial charge in [0.25, 0.3) is 11.7 Å². The molecule has 2 N–H and O–H groups in total. The number of benzene rings is 2. The molecule has 0 spiro atoms. The van der Waals surface area contributed by atoms with Crippen molar-refractivity contribution in [3.8, 4) is 17.2 Å². The van der Waals surface area contributed by atoms with Gasteiger partial charge < -0.3 is 19.7 Å². The van der Waals surface area contributed by atoms with E-state index in [1.807, 2.05) is 13.8 Å². The zero-order valence-corrected chi connectivity index (χ0v) is 19.7. The minimum Gasteiger partial charge on any atom is -0.507 e. The second-order valence-corrected chi connectivity index (χ2v) is 7.97. The SMILES string of the molecule is CCOc1ccc(/C(O)=C2/C(=O)C(=O)N(c3cc(C)ccc3O)C2c2cccnc2)c(OCC)c1. The number of hydrogen-bond donors (Lipinski definition) is 2. The summed E-state index contributed by atoms with van der Waals surface area (Å²) in [6, 6.07) is 12.0. The molecule has 0 aliphatic carbocycles. The van der Waals surface area contributed by atoms with Crippen LogP contribution in [0.4, 0.5) is 5.69 Å². The first-order valence-electron chi connectivity index (χ1n) is 11.3. The van der Waals surface area contributed by atoms with E-state index < -0.39 is 23.5 Å². The molecular formula is C27H26N2O6. The van der Waals surface area contributed by atoms with Crippen LogP contribution in [-0.2, 0) is 9.59 Å². The number of hydrogen-bond acceptors (Lipinski definition) is 7. The number of nitrogens with zero attached hydrogens (tertiary/aromatic N) is 2. The van der Waals surface area contributed by atoms with Gasteiger partial charge in [0, 0.05) is 18.5 Å². The fourth-order valence-corrected chi connectivity index (χ4v) is 4.14. The zero-order chi connectivity index (χ0) is 25.1. The summed E-state index contributed by atoms with van der Waals surface area (Å²) >= 11 is 0. The van der Waals surface area contributed by atoms with E-state index in [1.54, 1.807) is 55.6 Å². The molecule has 1 fully saturated rings. The van der Waals surface area contributed by atoms with E-state index in [0.717, 1.165) is 5.56 Å². The molecule has 4 rings (SSSR count). The summed E-state index contributed by atoms with van der Waals surface area (Å²) in [5, 5.41) is 22.0. The standard InChI is InChI=1S/C27H26N2O6/c1-4-34-18-9-10-19(22(14-18)35-5-2)25(31)23-24(17-7-6-12-28-15-17)29(27(33)26(23)32)20-13-16(3)8-11-21(20)30/h6-15,24,30-31H,4-5H2,1-3H3/b25-23-. The summed E-state index contributed by atoms with van der Waals surface area (Å²) in [5.74, 6) is -1.45. The van der Waals surface area contributed by atoms with E-state index >= 15 is 0 Å². The Balaban J connectivity index is 1.96. The van der Waals surface area contributed by atoms with Gasteiger partial charge in [0.2, 0.25) is 0 Å². The maximum atomic E-state index is 13.3. The van der Waals surface area contributed by atoms with Gasteiger partial charge in [-0.25, -0.2) is 0 Å². The molecule has 0 saturated carbocycles. The van der Waals surface area contributed by atoms with E-state index in [0.29, 0.717) is 30.3 Å². The Morgan fingerprint density at radius 3 is 2.51 bits per heavy atom. The Labute approximate surface area is 203 Å². The van der Waals surface area contributed by atoms with E-state index in [4.69, 9.17) is 9.47 Å². The van der Waals surface area contributed by atoms with Gasteiger partial charge >= 0.3 is 0 Å². The number of Topliss-reactive ketones (excluding diaryl/α,β-unsaturated/α-hetero) is 1. The van der Waals surface area contributed by atoms with Gasteiger partial charge in [-0.15, -0.1) is 0 Å². The molecule has 2 heterocycles. The molecule has 8 heteroatoms. The van der Waals surface area contributed by atoms with E-state index in [1.165, 1.54) is 17.2 Å². The molecule has 1 aliphatic heterocycles. The fourth-order valence-electron chi connectivity index (χ4n) is 4.14. The van der Waals surface area contributed by atoms with Gasteiger partial charge in [-0.2, -0.15) is 0 Å². The largest absolute Gasteiger partial charge is 0.507 e. The highest BCUT2D eigenvalue weighted by Crippen LogP contribution is 2.45. The van der Waals surface area contributed by atoms with Gasteiger partial charge in [-0.05, 0) is 62.2 Å². The summed E-state index contributed by atoms with van der Waals surface area (Å²) < 4.78 is 11.3. The number of aromatic nitrogens is 1. The van der Waals surface area contributed by atoms with Crippen molar-refractivity contribution < 1.29 is 29.3 Å². The van der Waals surface area contributed by atoms with Crippen molar-refractivity contribution >= 4 is 23.1 Å². The van der Waals surface area contributed by atoms with Crippen LogP contribution in [0.1, 0.15) is 36.6 Å². The maximum Gasteiger partial charge on any atom is 0.300 e. The van der Waals surface area contributed by atoms with Gasteiger partial charge in [0.15, 0.2) is 0 Å². The number of pyridine rings is 1. The van der Waals surface area contributed by atoms with Crippen LogP contribution >= 0.6 is 0 Å². The Morgan fingerprint density at radius 1 is 1.06 bits per heavy atom. The lowest BCUT2D eigenvalue weighted by Crippen LogP contribution is -2.29. The summed E-state index contributed by atoms with van der Waals surface area (Å²) in [6.07, 6.45) is 3.09. The summed E-state index contributed by atoms with van der Waals surface area (Å²) in [6.45, 7) is 6.22. The van der Waals surface area contributed by atoms with Crippen molar-refractivity contribution in [3.05, 3.63) is 83.2 Å². The number of carbonyl (C=O) groups excluding carboxylic acids is 2.